The highest BCUT2D eigenvalue weighted by molar-refractivity contribution is 7.80. The van der Waals surface area contributed by atoms with E-state index in [1.54, 1.807) is 31.4 Å². The van der Waals surface area contributed by atoms with Crippen LogP contribution in [0.2, 0.25) is 5.02 Å². The second kappa shape index (κ2) is 8.75. The number of methoxy groups -OCH3 is 1. The van der Waals surface area contributed by atoms with Gasteiger partial charge in [-0.3, -0.25) is 0 Å². The number of ether oxygens (including phenoxy) is 2. The number of anilines is 2. The van der Waals surface area contributed by atoms with E-state index in [-0.39, 0.29) is 0 Å². The SMILES string of the molecule is COc1cccc(Oc2ccc(Cl)cc2NC(=S)Nc2ccc(C)cc2)c1. The molecule has 138 valence electrons. The van der Waals surface area contributed by atoms with Crippen LogP contribution in [0.5, 0.6) is 17.2 Å². The number of rotatable bonds is 5. The molecule has 0 aliphatic heterocycles. The lowest BCUT2D eigenvalue weighted by molar-refractivity contribution is 0.409. The summed E-state index contributed by atoms with van der Waals surface area (Å²) in [4.78, 5) is 0. The molecule has 0 radical (unpaired) electrons. The maximum Gasteiger partial charge on any atom is 0.175 e. The molecule has 3 aromatic rings. The summed E-state index contributed by atoms with van der Waals surface area (Å²) in [5.74, 6) is 1.96. The van der Waals surface area contributed by atoms with Gasteiger partial charge in [-0.05, 0) is 61.6 Å². The summed E-state index contributed by atoms with van der Waals surface area (Å²) in [7, 11) is 1.61. The summed E-state index contributed by atoms with van der Waals surface area (Å²) < 4.78 is 11.2. The first kappa shape index (κ1) is 19.0. The molecule has 3 aromatic carbocycles. The van der Waals surface area contributed by atoms with Crippen molar-refractivity contribution in [3.63, 3.8) is 0 Å². The van der Waals surface area contributed by atoms with Gasteiger partial charge in [0, 0.05) is 16.8 Å². The average Bonchev–Trinajstić information content (AvgIpc) is 2.66. The zero-order valence-electron chi connectivity index (χ0n) is 15.0. The van der Waals surface area contributed by atoms with Crippen molar-refractivity contribution < 1.29 is 9.47 Å². The number of halogens is 1. The maximum absolute atomic E-state index is 6.15. The average molecular weight is 399 g/mol. The van der Waals surface area contributed by atoms with Crippen LogP contribution in [0.4, 0.5) is 11.4 Å². The Morgan fingerprint density at radius 1 is 0.926 bits per heavy atom. The van der Waals surface area contributed by atoms with E-state index in [4.69, 9.17) is 33.3 Å². The number of hydrogen-bond donors (Lipinski definition) is 2. The molecule has 6 heteroatoms. The highest BCUT2D eigenvalue weighted by Gasteiger charge is 2.09. The van der Waals surface area contributed by atoms with Crippen LogP contribution < -0.4 is 20.1 Å². The van der Waals surface area contributed by atoms with Crippen molar-refractivity contribution in [1.29, 1.82) is 0 Å². The topological polar surface area (TPSA) is 42.5 Å². The van der Waals surface area contributed by atoms with Crippen molar-refractivity contribution in [2.24, 2.45) is 0 Å². The number of thiocarbonyl (C=S) groups is 1. The second-order valence-electron chi connectivity index (χ2n) is 5.87. The van der Waals surface area contributed by atoms with Crippen molar-refractivity contribution >= 4 is 40.3 Å². The molecule has 0 amide bonds. The molecule has 0 heterocycles. The molecule has 0 atom stereocenters. The van der Waals surface area contributed by atoms with Crippen molar-refractivity contribution in [1.82, 2.24) is 0 Å². The van der Waals surface area contributed by atoms with Crippen molar-refractivity contribution in [3.05, 3.63) is 77.3 Å². The molecular formula is C21H19ClN2O2S. The zero-order chi connectivity index (χ0) is 19.2. The van der Waals surface area contributed by atoms with Crippen molar-refractivity contribution in [2.75, 3.05) is 17.7 Å². The van der Waals surface area contributed by atoms with Gasteiger partial charge < -0.3 is 20.1 Å². The van der Waals surface area contributed by atoms with Crippen molar-refractivity contribution in [3.8, 4) is 17.2 Å². The molecular weight excluding hydrogens is 380 g/mol. The van der Waals surface area contributed by atoms with E-state index in [1.807, 2.05) is 49.4 Å². The number of nitrogens with one attached hydrogen (secondary N) is 2. The summed E-state index contributed by atoms with van der Waals surface area (Å²) in [6, 6.07) is 20.7. The van der Waals surface area contributed by atoms with Crippen LogP contribution in [0.25, 0.3) is 0 Å². The third-order valence-corrected chi connectivity index (χ3v) is 4.21. The highest BCUT2D eigenvalue weighted by Crippen LogP contribution is 2.33. The van der Waals surface area contributed by atoms with Gasteiger partial charge in [-0.15, -0.1) is 0 Å². The zero-order valence-corrected chi connectivity index (χ0v) is 16.5. The summed E-state index contributed by atoms with van der Waals surface area (Å²) >= 11 is 11.6. The molecule has 0 aromatic heterocycles. The minimum Gasteiger partial charge on any atom is -0.497 e. The first-order chi connectivity index (χ1) is 13.0. The number of benzene rings is 3. The second-order valence-corrected chi connectivity index (χ2v) is 6.71. The van der Waals surface area contributed by atoms with Crippen molar-refractivity contribution in [2.45, 2.75) is 6.92 Å². The Balaban J connectivity index is 1.77. The van der Waals surface area contributed by atoms with E-state index in [0.717, 1.165) is 5.69 Å². The molecule has 2 N–H and O–H groups in total. The Bertz CT molecular complexity index is 945. The Hall–Kier alpha value is -2.76. The lowest BCUT2D eigenvalue weighted by Gasteiger charge is -2.15. The minimum atomic E-state index is 0.441. The fourth-order valence-electron chi connectivity index (χ4n) is 2.40. The third kappa shape index (κ3) is 5.36. The molecule has 0 spiro atoms. The molecule has 3 rings (SSSR count). The van der Waals surface area contributed by atoms with Gasteiger partial charge >= 0.3 is 0 Å². The predicted octanol–water partition coefficient (Wildman–Crippen LogP) is 6.26. The molecule has 0 bridgehead atoms. The summed E-state index contributed by atoms with van der Waals surface area (Å²) in [5.41, 5.74) is 2.74. The fourth-order valence-corrected chi connectivity index (χ4v) is 2.80. The monoisotopic (exact) mass is 398 g/mol. The van der Waals surface area contributed by atoms with Crippen LogP contribution in [0.3, 0.4) is 0 Å². The van der Waals surface area contributed by atoms with Crippen LogP contribution in [0.1, 0.15) is 5.56 Å². The largest absolute Gasteiger partial charge is 0.497 e. The maximum atomic E-state index is 6.15. The molecule has 0 aliphatic rings. The molecule has 0 fully saturated rings. The Kier molecular flexibility index (Phi) is 6.16. The van der Waals surface area contributed by atoms with Crippen LogP contribution in [-0.2, 0) is 0 Å². The van der Waals surface area contributed by atoms with Gasteiger partial charge in [-0.1, -0.05) is 35.4 Å². The standard InChI is InChI=1S/C21H19ClN2O2S/c1-14-6-9-16(10-7-14)23-21(27)24-19-12-15(22)8-11-20(19)26-18-5-3-4-17(13-18)25-2/h3-13H,1-2H3,(H2,23,24,27). The Morgan fingerprint density at radius 2 is 1.67 bits per heavy atom. The predicted molar refractivity (Wildman–Crippen MR) is 116 cm³/mol. The van der Waals surface area contributed by atoms with Gasteiger partial charge in [0.1, 0.15) is 11.5 Å². The van der Waals surface area contributed by atoms with Gasteiger partial charge in [0.2, 0.25) is 0 Å². The van der Waals surface area contributed by atoms with E-state index >= 15 is 0 Å². The van der Waals surface area contributed by atoms with E-state index in [2.05, 4.69) is 10.6 Å². The Labute approximate surface area is 169 Å². The van der Waals surface area contributed by atoms with Gasteiger partial charge in [-0.25, -0.2) is 0 Å². The smallest absolute Gasteiger partial charge is 0.175 e. The minimum absolute atomic E-state index is 0.441. The van der Waals surface area contributed by atoms with Crippen LogP contribution in [0, 0.1) is 6.92 Å². The molecule has 0 saturated carbocycles. The summed E-state index contributed by atoms with van der Waals surface area (Å²) in [5, 5.41) is 7.31. The quantitative estimate of drug-likeness (QED) is 0.496. The third-order valence-electron chi connectivity index (χ3n) is 3.77. The molecule has 4 nitrogen and oxygen atoms in total. The van der Waals surface area contributed by atoms with Crippen LogP contribution >= 0.6 is 23.8 Å². The first-order valence-electron chi connectivity index (χ1n) is 8.29. The lowest BCUT2D eigenvalue weighted by Crippen LogP contribution is -2.19. The fraction of sp³-hybridized carbons (Fsp3) is 0.0952. The summed E-state index contributed by atoms with van der Waals surface area (Å²) in [6.07, 6.45) is 0. The highest BCUT2D eigenvalue weighted by atomic mass is 35.5. The first-order valence-corrected chi connectivity index (χ1v) is 9.08. The van der Waals surface area contributed by atoms with Crippen LogP contribution in [-0.4, -0.2) is 12.2 Å². The molecule has 0 aliphatic carbocycles. The van der Waals surface area contributed by atoms with E-state index in [0.29, 0.717) is 33.1 Å². The van der Waals surface area contributed by atoms with Gasteiger partial charge in [0.25, 0.3) is 0 Å². The summed E-state index contributed by atoms with van der Waals surface area (Å²) in [6.45, 7) is 2.04. The van der Waals surface area contributed by atoms with E-state index < -0.39 is 0 Å². The normalized spacial score (nSPS) is 10.2. The lowest BCUT2D eigenvalue weighted by atomic mass is 10.2. The molecule has 27 heavy (non-hydrogen) atoms. The van der Waals surface area contributed by atoms with E-state index in [1.165, 1.54) is 5.56 Å². The number of hydrogen-bond acceptors (Lipinski definition) is 3. The molecule has 0 unspecified atom stereocenters. The van der Waals surface area contributed by atoms with Crippen LogP contribution in [0.15, 0.2) is 66.7 Å². The van der Waals surface area contributed by atoms with E-state index in [9.17, 15) is 0 Å². The Morgan fingerprint density at radius 3 is 2.41 bits per heavy atom. The van der Waals surface area contributed by atoms with Gasteiger partial charge in [0.05, 0.1) is 12.8 Å². The van der Waals surface area contributed by atoms with Gasteiger partial charge in [0.15, 0.2) is 10.9 Å². The van der Waals surface area contributed by atoms with Gasteiger partial charge in [-0.2, -0.15) is 0 Å². The molecule has 0 saturated heterocycles. The number of aryl methyl sites for hydroxylation is 1.